The molecule has 4 nitrogen and oxygen atoms in total. The first kappa shape index (κ1) is 11.0. The predicted octanol–water partition coefficient (Wildman–Crippen LogP) is 2.24. The summed E-state index contributed by atoms with van der Waals surface area (Å²) in [5.41, 5.74) is 4.13. The minimum absolute atomic E-state index is 0.0649. The van der Waals surface area contributed by atoms with E-state index in [0.29, 0.717) is 6.54 Å². The fraction of sp³-hybridized carbons (Fsp3) is 0.286. The van der Waals surface area contributed by atoms with Crippen molar-refractivity contribution in [3.8, 4) is 0 Å². The molecule has 0 spiro atoms. The Morgan fingerprint density at radius 1 is 1.39 bits per heavy atom. The van der Waals surface area contributed by atoms with Crippen molar-refractivity contribution in [3.63, 3.8) is 0 Å². The number of aliphatic imine (C=N–C) groups is 1. The summed E-state index contributed by atoms with van der Waals surface area (Å²) in [5, 5.41) is 2.76. The largest absolute Gasteiger partial charge is 0.321 e. The number of fused-ring (bicyclic) bond motifs is 1. The van der Waals surface area contributed by atoms with Crippen LogP contribution in [0.4, 0.5) is 10.5 Å². The lowest BCUT2D eigenvalue weighted by Gasteiger charge is -2.28. The average molecular weight is 241 g/mol. The molecule has 92 valence electrons. The van der Waals surface area contributed by atoms with Crippen LogP contribution >= 0.6 is 0 Å². The SMILES string of the molecule is C=C1CCN(CC2=Nc3ccccc3C2)C(=O)N1. The number of urea groups is 1. The second kappa shape index (κ2) is 4.29. The minimum atomic E-state index is -0.0649. The van der Waals surface area contributed by atoms with Crippen molar-refractivity contribution in [2.45, 2.75) is 12.8 Å². The lowest BCUT2D eigenvalue weighted by atomic mass is 10.1. The van der Waals surface area contributed by atoms with Crippen LogP contribution < -0.4 is 5.32 Å². The first-order valence-electron chi connectivity index (χ1n) is 6.10. The molecular formula is C14H15N3O. The van der Waals surface area contributed by atoms with Crippen LogP contribution in [0.1, 0.15) is 12.0 Å². The van der Waals surface area contributed by atoms with E-state index >= 15 is 0 Å². The first-order valence-corrected chi connectivity index (χ1v) is 6.10. The van der Waals surface area contributed by atoms with Crippen molar-refractivity contribution in [2.24, 2.45) is 4.99 Å². The Hall–Kier alpha value is -2.10. The Morgan fingerprint density at radius 3 is 3.00 bits per heavy atom. The molecule has 18 heavy (non-hydrogen) atoms. The Balaban J connectivity index is 1.69. The van der Waals surface area contributed by atoms with Gasteiger partial charge in [0, 0.05) is 30.8 Å². The number of hydrogen-bond acceptors (Lipinski definition) is 2. The summed E-state index contributed by atoms with van der Waals surface area (Å²) in [6.07, 6.45) is 1.66. The summed E-state index contributed by atoms with van der Waals surface area (Å²) in [6.45, 7) is 5.10. The van der Waals surface area contributed by atoms with Crippen LogP contribution in [0.5, 0.6) is 0 Å². The Morgan fingerprint density at radius 2 is 2.22 bits per heavy atom. The molecule has 1 aromatic rings. The quantitative estimate of drug-likeness (QED) is 0.848. The molecule has 1 fully saturated rings. The molecule has 0 atom stereocenters. The van der Waals surface area contributed by atoms with Crippen molar-refractivity contribution >= 4 is 17.4 Å². The third kappa shape index (κ3) is 2.01. The molecule has 4 heteroatoms. The molecule has 0 aliphatic carbocycles. The molecule has 0 unspecified atom stereocenters. The standard InChI is InChI=1S/C14H15N3O/c1-10-6-7-17(14(18)15-10)9-12-8-11-4-2-3-5-13(11)16-12/h2-5H,1,6-9H2,(H,15,18). The molecule has 0 radical (unpaired) electrons. The van der Waals surface area contributed by atoms with E-state index in [-0.39, 0.29) is 6.03 Å². The van der Waals surface area contributed by atoms with Gasteiger partial charge in [0.15, 0.2) is 0 Å². The van der Waals surface area contributed by atoms with Gasteiger partial charge >= 0.3 is 6.03 Å². The van der Waals surface area contributed by atoms with Gasteiger partial charge in [-0.1, -0.05) is 24.8 Å². The number of hydrogen-bond donors (Lipinski definition) is 1. The zero-order chi connectivity index (χ0) is 12.5. The van der Waals surface area contributed by atoms with E-state index in [1.165, 1.54) is 5.56 Å². The number of amides is 2. The van der Waals surface area contributed by atoms with Crippen LogP contribution in [-0.2, 0) is 6.42 Å². The first-order chi connectivity index (χ1) is 8.72. The molecular weight excluding hydrogens is 226 g/mol. The molecule has 1 saturated heterocycles. The van der Waals surface area contributed by atoms with Gasteiger partial charge < -0.3 is 10.2 Å². The van der Waals surface area contributed by atoms with Gasteiger partial charge in [0.05, 0.1) is 12.2 Å². The second-order valence-corrected chi connectivity index (χ2v) is 4.69. The lowest BCUT2D eigenvalue weighted by molar-refractivity contribution is 0.200. The fourth-order valence-corrected chi connectivity index (χ4v) is 2.33. The molecule has 2 amide bonds. The summed E-state index contributed by atoms with van der Waals surface area (Å²) in [6, 6.07) is 8.05. The molecule has 0 bridgehead atoms. The van der Waals surface area contributed by atoms with Crippen LogP contribution in [0.2, 0.25) is 0 Å². The zero-order valence-corrected chi connectivity index (χ0v) is 10.1. The molecule has 1 N–H and O–H groups in total. The van der Waals surface area contributed by atoms with E-state index in [4.69, 9.17) is 0 Å². The second-order valence-electron chi connectivity index (χ2n) is 4.69. The highest BCUT2D eigenvalue weighted by atomic mass is 16.2. The van der Waals surface area contributed by atoms with Crippen molar-refractivity contribution in [3.05, 3.63) is 42.1 Å². The Labute approximate surface area is 106 Å². The Kier molecular flexibility index (Phi) is 2.63. The number of carbonyl (C=O) groups excluding carboxylic acids is 1. The van der Waals surface area contributed by atoms with Crippen molar-refractivity contribution in [1.29, 1.82) is 0 Å². The van der Waals surface area contributed by atoms with Gasteiger partial charge in [-0.15, -0.1) is 0 Å². The fourth-order valence-electron chi connectivity index (χ4n) is 2.33. The number of nitrogens with zero attached hydrogens (tertiary/aromatic N) is 2. The van der Waals surface area contributed by atoms with E-state index in [2.05, 4.69) is 23.0 Å². The summed E-state index contributed by atoms with van der Waals surface area (Å²) < 4.78 is 0. The maximum atomic E-state index is 11.8. The zero-order valence-electron chi connectivity index (χ0n) is 10.1. The number of carbonyl (C=O) groups is 1. The third-order valence-electron chi connectivity index (χ3n) is 3.29. The van der Waals surface area contributed by atoms with Crippen molar-refractivity contribution < 1.29 is 4.79 Å². The molecule has 2 aliphatic heterocycles. The van der Waals surface area contributed by atoms with E-state index in [1.54, 1.807) is 4.90 Å². The van der Waals surface area contributed by atoms with Gasteiger partial charge in [-0.05, 0) is 11.6 Å². The van der Waals surface area contributed by atoms with E-state index in [0.717, 1.165) is 36.5 Å². The number of benzene rings is 1. The monoisotopic (exact) mass is 241 g/mol. The van der Waals surface area contributed by atoms with Gasteiger partial charge in [-0.3, -0.25) is 4.99 Å². The van der Waals surface area contributed by atoms with Crippen LogP contribution in [0.25, 0.3) is 0 Å². The van der Waals surface area contributed by atoms with Gasteiger partial charge in [0.25, 0.3) is 0 Å². The summed E-state index contributed by atoms with van der Waals surface area (Å²) in [7, 11) is 0. The number of para-hydroxylation sites is 1. The van der Waals surface area contributed by atoms with Crippen molar-refractivity contribution in [1.82, 2.24) is 10.2 Å². The Bertz CT molecular complexity index is 548. The van der Waals surface area contributed by atoms with Gasteiger partial charge in [-0.2, -0.15) is 0 Å². The summed E-state index contributed by atoms with van der Waals surface area (Å²) in [4.78, 5) is 18.1. The van der Waals surface area contributed by atoms with Crippen LogP contribution in [0.15, 0.2) is 41.5 Å². The van der Waals surface area contributed by atoms with Crippen LogP contribution in [0, 0.1) is 0 Å². The maximum Gasteiger partial charge on any atom is 0.321 e. The normalized spacial score (nSPS) is 18.4. The smallest absolute Gasteiger partial charge is 0.319 e. The predicted molar refractivity (Wildman–Crippen MR) is 71.1 cm³/mol. The van der Waals surface area contributed by atoms with E-state index in [1.807, 2.05) is 18.2 Å². The molecule has 0 aromatic heterocycles. The number of rotatable bonds is 2. The van der Waals surface area contributed by atoms with Crippen molar-refractivity contribution in [2.75, 3.05) is 13.1 Å². The topological polar surface area (TPSA) is 44.7 Å². The maximum absolute atomic E-state index is 11.8. The molecule has 3 rings (SSSR count). The van der Waals surface area contributed by atoms with E-state index < -0.39 is 0 Å². The van der Waals surface area contributed by atoms with Crippen LogP contribution in [0.3, 0.4) is 0 Å². The summed E-state index contributed by atoms with van der Waals surface area (Å²) in [5.74, 6) is 0. The number of nitrogens with one attached hydrogen (secondary N) is 1. The van der Waals surface area contributed by atoms with E-state index in [9.17, 15) is 4.79 Å². The highest BCUT2D eigenvalue weighted by Crippen LogP contribution is 2.26. The molecule has 1 aromatic carbocycles. The molecule has 0 saturated carbocycles. The summed E-state index contributed by atoms with van der Waals surface area (Å²) >= 11 is 0. The highest BCUT2D eigenvalue weighted by molar-refractivity contribution is 5.97. The van der Waals surface area contributed by atoms with Gasteiger partial charge in [0.2, 0.25) is 0 Å². The lowest BCUT2D eigenvalue weighted by Crippen LogP contribution is -2.47. The van der Waals surface area contributed by atoms with Crippen LogP contribution in [-0.4, -0.2) is 29.7 Å². The third-order valence-corrected chi connectivity index (χ3v) is 3.29. The average Bonchev–Trinajstić information content (AvgIpc) is 2.75. The minimum Gasteiger partial charge on any atom is -0.319 e. The van der Waals surface area contributed by atoms with Gasteiger partial charge in [-0.25, -0.2) is 4.79 Å². The molecule has 2 heterocycles. The van der Waals surface area contributed by atoms with Gasteiger partial charge in [0.1, 0.15) is 0 Å². The highest BCUT2D eigenvalue weighted by Gasteiger charge is 2.23. The molecule has 2 aliphatic rings.